The Bertz CT molecular complexity index is 2390. The number of aryl methyl sites for hydroxylation is 4. The van der Waals surface area contributed by atoms with Crippen LogP contribution in [0.3, 0.4) is 0 Å². The molecule has 11 nitrogen and oxygen atoms in total. The number of likely N-dealkylation sites (N-methyl/N-ethyl adjacent to an activating group) is 2. The van der Waals surface area contributed by atoms with Crippen molar-refractivity contribution in [2.24, 2.45) is 0 Å². The van der Waals surface area contributed by atoms with E-state index in [1.54, 1.807) is 35.5 Å². The molecular formula is C54H72N2O9+2. The number of rotatable bonds is 19. The van der Waals surface area contributed by atoms with Gasteiger partial charge < -0.3 is 42.1 Å². The first-order chi connectivity index (χ1) is 31.1. The molecule has 4 atom stereocenters. The Labute approximate surface area is 387 Å². The van der Waals surface area contributed by atoms with Crippen LogP contribution in [0, 0.1) is 34.6 Å². The van der Waals surface area contributed by atoms with Crippen molar-refractivity contribution in [3.05, 3.63) is 122 Å². The third kappa shape index (κ3) is 11.1. The zero-order valence-corrected chi connectivity index (χ0v) is 41.0. The molecule has 0 amide bonds. The fourth-order valence-corrected chi connectivity index (χ4v) is 10.3. The third-order valence-corrected chi connectivity index (χ3v) is 14.4. The van der Waals surface area contributed by atoms with E-state index in [-0.39, 0.29) is 25.3 Å². The number of methoxy groups -OCH3 is 5. The topological polar surface area (TPSA) is 98.8 Å². The van der Waals surface area contributed by atoms with Gasteiger partial charge in [0.15, 0.2) is 23.0 Å². The van der Waals surface area contributed by atoms with E-state index in [0.29, 0.717) is 24.3 Å². The number of hydrogen-bond acceptors (Lipinski definition) is 9. The highest BCUT2D eigenvalue weighted by molar-refractivity contribution is 5.91. The first-order valence-electron chi connectivity index (χ1n) is 23.0. The van der Waals surface area contributed by atoms with Crippen LogP contribution in [0.25, 0.3) is 0 Å². The lowest BCUT2D eigenvalue weighted by Crippen LogP contribution is -2.52. The highest BCUT2D eigenvalue weighted by Crippen LogP contribution is 2.44. The second-order valence-corrected chi connectivity index (χ2v) is 18.6. The molecule has 2 aliphatic heterocycles. The first kappa shape index (κ1) is 48.9. The molecule has 11 heteroatoms. The minimum absolute atomic E-state index is 0.0812. The van der Waals surface area contributed by atoms with Crippen LogP contribution in [0.4, 0.5) is 0 Å². The fourth-order valence-electron chi connectivity index (χ4n) is 10.3. The van der Waals surface area contributed by atoms with Crippen molar-refractivity contribution in [2.75, 3.05) is 89.0 Å². The van der Waals surface area contributed by atoms with Gasteiger partial charge in [-0.1, -0.05) is 18.2 Å². The van der Waals surface area contributed by atoms with Crippen LogP contribution in [-0.2, 0) is 44.7 Å². The maximum atomic E-state index is 12.8. The van der Waals surface area contributed by atoms with Crippen molar-refractivity contribution in [2.45, 2.75) is 85.2 Å². The van der Waals surface area contributed by atoms with Gasteiger partial charge in [0, 0.05) is 61.8 Å². The number of carbonyl (C=O) groups excluding carboxylic acids is 2. The summed E-state index contributed by atoms with van der Waals surface area (Å²) in [7, 11) is 13.0. The van der Waals surface area contributed by atoms with E-state index in [2.05, 4.69) is 90.3 Å². The van der Waals surface area contributed by atoms with E-state index < -0.39 is 11.9 Å². The van der Waals surface area contributed by atoms with Crippen LogP contribution in [0.15, 0.2) is 60.7 Å². The lowest BCUT2D eigenvalue weighted by atomic mass is 9.84. The number of benzene rings is 4. The summed E-state index contributed by atoms with van der Waals surface area (Å²) in [6.07, 6.45) is 7.19. The molecule has 0 radical (unpaired) electrons. The largest absolute Gasteiger partial charge is 0.496 e. The Kier molecular flexibility index (Phi) is 16.0. The molecule has 0 saturated heterocycles. The number of hydrogen-bond donors (Lipinski definition) is 0. The summed E-state index contributed by atoms with van der Waals surface area (Å²) in [5.41, 5.74) is 13.7. The quantitative estimate of drug-likeness (QED) is 0.0396. The molecule has 350 valence electrons. The van der Waals surface area contributed by atoms with E-state index in [1.165, 1.54) is 62.2 Å². The summed E-state index contributed by atoms with van der Waals surface area (Å²) in [4.78, 5) is 25.7. The van der Waals surface area contributed by atoms with Crippen LogP contribution < -0.4 is 23.7 Å². The van der Waals surface area contributed by atoms with Gasteiger partial charge in [-0.25, -0.2) is 9.59 Å². The predicted octanol–water partition coefficient (Wildman–Crippen LogP) is 8.97. The summed E-state index contributed by atoms with van der Waals surface area (Å²) in [5, 5.41) is 0. The van der Waals surface area contributed by atoms with Crippen LogP contribution >= 0.6 is 0 Å². The number of quaternary nitrogens is 2. The molecule has 0 aromatic heterocycles. The maximum Gasteiger partial charge on any atom is 0.331 e. The number of nitrogens with zero attached hydrogens (tertiary/aromatic N) is 2. The van der Waals surface area contributed by atoms with Crippen LogP contribution in [0.5, 0.6) is 28.7 Å². The molecule has 4 unspecified atom stereocenters. The molecule has 4 aromatic carbocycles. The molecule has 4 aromatic rings. The summed E-state index contributed by atoms with van der Waals surface area (Å²) >= 11 is 0. The van der Waals surface area contributed by atoms with Gasteiger partial charge in [-0.05, 0) is 115 Å². The number of carbonyl (C=O) groups is 2. The van der Waals surface area contributed by atoms with Gasteiger partial charge in [-0.15, -0.1) is 0 Å². The second kappa shape index (κ2) is 21.2. The van der Waals surface area contributed by atoms with Crippen molar-refractivity contribution < 1.29 is 51.7 Å². The Morgan fingerprint density at radius 1 is 0.538 bits per heavy atom. The third-order valence-electron chi connectivity index (χ3n) is 14.4. The first-order valence-corrected chi connectivity index (χ1v) is 23.0. The highest BCUT2D eigenvalue weighted by Gasteiger charge is 2.41. The van der Waals surface area contributed by atoms with Crippen LogP contribution in [0.1, 0.15) is 86.1 Å². The Morgan fingerprint density at radius 2 is 1.00 bits per heavy atom. The fraction of sp³-hybridized carbons (Fsp3) is 0.481. The van der Waals surface area contributed by atoms with Gasteiger partial charge in [-0.3, -0.25) is 0 Å². The van der Waals surface area contributed by atoms with Gasteiger partial charge in [0.1, 0.15) is 17.8 Å². The van der Waals surface area contributed by atoms with Crippen molar-refractivity contribution in [1.82, 2.24) is 0 Å². The van der Waals surface area contributed by atoms with E-state index in [0.717, 1.165) is 89.2 Å². The average Bonchev–Trinajstić information content (AvgIpc) is 3.29. The van der Waals surface area contributed by atoms with Crippen molar-refractivity contribution in [3.63, 3.8) is 0 Å². The van der Waals surface area contributed by atoms with Gasteiger partial charge >= 0.3 is 11.9 Å². The monoisotopic (exact) mass is 893 g/mol. The zero-order valence-electron chi connectivity index (χ0n) is 41.0. The molecule has 2 aliphatic rings. The Hall–Kier alpha value is -5.52. The van der Waals surface area contributed by atoms with Crippen molar-refractivity contribution in [3.8, 4) is 28.7 Å². The smallest absolute Gasteiger partial charge is 0.331 e. The van der Waals surface area contributed by atoms with E-state index in [1.807, 2.05) is 6.92 Å². The molecule has 6 rings (SSSR count). The molecular weight excluding hydrogens is 821 g/mol. The normalized spacial score (nSPS) is 20.1. The van der Waals surface area contributed by atoms with Gasteiger partial charge in [0.25, 0.3) is 0 Å². The molecule has 65 heavy (non-hydrogen) atoms. The molecule has 0 saturated carbocycles. The van der Waals surface area contributed by atoms with E-state index in [4.69, 9.17) is 33.2 Å². The maximum absolute atomic E-state index is 12.8. The zero-order chi connectivity index (χ0) is 47.1. The number of ether oxygens (including phenoxy) is 7. The van der Waals surface area contributed by atoms with Crippen molar-refractivity contribution >= 4 is 11.9 Å². The second-order valence-electron chi connectivity index (χ2n) is 18.6. The van der Waals surface area contributed by atoms with Crippen LogP contribution in [0.2, 0.25) is 0 Å². The van der Waals surface area contributed by atoms with Gasteiger partial charge in [0.2, 0.25) is 0 Å². The molecule has 0 N–H and O–H groups in total. The SMILES string of the molecule is COc1cc2c(cc1OC)C(Cc1cc(C)c(OC)c(OC)c1)[N+](C)(CCCOC(=O)/C=C\C(=O)OCCC[N+]1(C)CCc3cc(C)c(C)cc3C1Cc1cc(C)c(C)c(OC)c1)CC2. The number of fused-ring (bicyclic) bond motifs is 2. The lowest BCUT2D eigenvalue weighted by Gasteiger charge is -2.46. The Balaban J connectivity index is 1.04. The van der Waals surface area contributed by atoms with E-state index in [9.17, 15) is 9.59 Å². The minimum Gasteiger partial charge on any atom is -0.496 e. The molecule has 0 fully saturated rings. The standard InChI is InChI=1S/C54H72N2O9/c1-35-27-42-17-21-55(6,46(44(42)28-36(35)2)29-40-25-37(3)39(5)48(31-40)59-8)19-13-23-64-52(57)15-16-53(58)65-24-14-20-56(7)22-18-43-33-49(60-9)50(61-10)34-45(43)47(56)30-41-26-38(4)54(63-12)51(32-41)62-11/h15-16,25-28,31-34,46-47H,13-14,17-24,29-30H2,1-12H3/q+2/b16-15-. The predicted molar refractivity (Wildman–Crippen MR) is 255 cm³/mol. The molecule has 0 aliphatic carbocycles. The summed E-state index contributed by atoms with van der Waals surface area (Å²) in [6, 6.07) is 18.0. The Morgan fingerprint density at radius 3 is 1.52 bits per heavy atom. The average molecular weight is 893 g/mol. The summed E-state index contributed by atoms with van der Waals surface area (Å²) in [6.45, 7) is 14.7. The van der Waals surface area contributed by atoms with E-state index >= 15 is 0 Å². The lowest BCUT2D eigenvalue weighted by molar-refractivity contribution is -0.941. The van der Waals surface area contributed by atoms with Crippen LogP contribution in [-0.4, -0.2) is 110 Å². The van der Waals surface area contributed by atoms with Gasteiger partial charge in [0.05, 0.1) is 89.0 Å². The molecule has 0 bridgehead atoms. The summed E-state index contributed by atoms with van der Waals surface area (Å²) in [5.74, 6) is 2.65. The highest BCUT2D eigenvalue weighted by atomic mass is 16.5. The minimum atomic E-state index is -0.566. The van der Waals surface area contributed by atoms with Gasteiger partial charge in [-0.2, -0.15) is 0 Å². The number of esters is 2. The molecule has 0 spiro atoms. The summed E-state index contributed by atoms with van der Waals surface area (Å²) < 4.78 is 41.4. The molecule has 2 heterocycles. The van der Waals surface area contributed by atoms with Crippen molar-refractivity contribution in [1.29, 1.82) is 0 Å².